The van der Waals surface area contributed by atoms with Crippen LogP contribution in [-0.4, -0.2) is 20.2 Å². The van der Waals surface area contributed by atoms with Crippen molar-refractivity contribution in [1.82, 2.24) is 20.2 Å². The number of nitrogens with one attached hydrogen (secondary N) is 1. The molecule has 2 aromatic carbocycles. The van der Waals surface area contributed by atoms with Crippen LogP contribution in [0, 0.1) is 3.57 Å². The van der Waals surface area contributed by atoms with Crippen molar-refractivity contribution in [3.63, 3.8) is 0 Å². The summed E-state index contributed by atoms with van der Waals surface area (Å²) in [6.07, 6.45) is 0. The van der Waals surface area contributed by atoms with E-state index in [0.717, 1.165) is 17.2 Å². The number of anilines is 1. The fourth-order valence-corrected chi connectivity index (χ4v) is 2.19. The van der Waals surface area contributed by atoms with Crippen LogP contribution >= 0.6 is 22.6 Å². The van der Waals surface area contributed by atoms with Crippen molar-refractivity contribution >= 4 is 28.3 Å². The second-order valence-corrected chi connectivity index (χ2v) is 5.45. The van der Waals surface area contributed by atoms with E-state index in [1.165, 1.54) is 3.57 Å². The molecule has 1 aromatic heterocycles. The maximum Gasteiger partial charge on any atom is 0.175 e. The van der Waals surface area contributed by atoms with Crippen molar-refractivity contribution < 1.29 is 0 Å². The number of para-hydroxylation sites is 1. The molecule has 20 heavy (non-hydrogen) atoms. The van der Waals surface area contributed by atoms with Crippen LogP contribution < -0.4 is 5.32 Å². The van der Waals surface area contributed by atoms with Gasteiger partial charge in [0.25, 0.3) is 0 Å². The van der Waals surface area contributed by atoms with Crippen molar-refractivity contribution in [3.05, 3.63) is 64.0 Å². The van der Waals surface area contributed by atoms with Gasteiger partial charge in [0, 0.05) is 9.26 Å². The highest BCUT2D eigenvalue weighted by molar-refractivity contribution is 14.1. The lowest BCUT2D eigenvalue weighted by Crippen LogP contribution is -2.08. The van der Waals surface area contributed by atoms with Crippen molar-refractivity contribution in [2.45, 2.75) is 6.54 Å². The predicted molar refractivity (Wildman–Crippen MR) is 85.6 cm³/mol. The van der Waals surface area contributed by atoms with Gasteiger partial charge in [-0.1, -0.05) is 18.2 Å². The number of tetrazole rings is 1. The Morgan fingerprint density at radius 1 is 1.00 bits per heavy atom. The lowest BCUT2D eigenvalue weighted by Gasteiger charge is -2.07. The molecular weight excluding hydrogens is 365 g/mol. The summed E-state index contributed by atoms with van der Waals surface area (Å²) >= 11 is 2.28. The van der Waals surface area contributed by atoms with E-state index in [4.69, 9.17) is 0 Å². The first kappa shape index (κ1) is 13.0. The third kappa shape index (κ3) is 2.96. The first-order chi connectivity index (χ1) is 9.83. The van der Waals surface area contributed by atoms with Crippen molar-refractivity contribution in [1.29, 1.82) is 0 Å². The minimum atomic E-state index is 0.572. The van der Waals surface area contributed by atoms with Gasteiger partial charge in [0.2, 0.25) is 0 Å². The quantitative estimate of drug-likeness (QED) is 0.711. The van der Waals surface area contributed by atoms with Crippen LogP contribution in [-0.2, 0) is 6.54 Å². The van der Waals surface area contributed by atoms with E-state index in [-0.39, 0.29) is 0 Å². The molecule has 0 aliphatic heterocycles. The summed E-state index contributed by atoms with van der Waals surface area (Å²) in [5, 5.41) is 15.2. The number of halogens is 1. The number of nitrogens with zero attached hydrogens (tertiary/aromatic N) is 4. The Morgan fingerprint density at radius 2 is 1.75 bits per heavy atom. The third-order valence-corrected chi connectivity index (χ3v) is 3.55. The van der Waals surface area contributed by atoms with Gasteiger partial charge in [-0.05, 0) is 69.4 Å². The number of benzene rings is 2. The van der Waals surface area contributed by atoms with Gasteiger partial charge < -0.3 is 5.32 Å². The summed E-state index contributed by atoms with van der Waals surface area (Å²) in [6.45, 7) is 0.572. The molecule has 0 atom stereocenters. The molecule has 3 aromatic rings. The number of aromatic nitrogens is 4. The standard InChI is InChI=1S/C14H12IN5/c15-11-6-8-12(9-7-11)16-10-14-17-18-19-20(14)13-4-2-1-3-5-13/h1-9,16H,10H2. The zero-order chi connectivity index (χ0) is 13.8. The van der Waals surface area contributed by atoms with E-state index >= 15 is 0 Å². The van der Waals surface area contributed by atoms with Crippen molar-refractivity contribution in [3.8, 4) is 5.69 Å². The van der Waals surface area contributed by atoms with Gasteiger partial charge in [-0.2, -0.15) is 4.68 Å². The minimum absolute atomic E-state index is 0.572. The molecule has 0 saturated carbocycles. The monoisotopic (exact) mass is 377 g/mol. The Balaban J connectivity index is 1.76. The number of hydrogen-bond acceptors (Lipinski definition) is 4. The highest BCUT2D eigenvalue weighted by Gasteiger charge is 2.07. The van der Waals surface area contributed by atoms with Gasteiger partial charge in [0.05, 0.1) is 12.2 Å². The maximum atomic E-state index is 4.06. The van der Waals surface area contributed by atoms with Gasteiger partial charge in [-0.25, -0.2) is 0 Å². The van der Waals surface area contributed by atoms with Crippen molar-refractivity contribution in [2.24, 2.45) is 0 Å². The fraction of sp³-hybridized carbons (Fsp3) is 0.0714. The summed E-state index contributed by atoms with van der Waals surface area (Å²) < 4.78 is 2.95. The molecule has 3 rings (SSSR count). The zero-order valence-electron chi connectivity index (χ0n) is 10.6. The summed E-state index contributed by atoms with van der Waals surface area (Å²) in [5.74, 6) is 0.773. The Labute approximate surface area is 130 Å². The Hall–Kier alpha value is -1.96. The Bertz CT molecular complexity index is 678. The first-order valence-electron chi connectivity index (χ1n) is 6.15. The molecule has 100 valence electrons. The van der Waals surface area contributed by atoms with Gasteiger partial charge in [-0.15, -0.1) is 5.10 Å². The Kier molecular flexibility index (Phi) is 3.91. The number of hydrogen-bond donors (Lipinski definition) is 1. The molecule has 0 aliphatic carbocycles. The highest BCUT2D eigenvalue weighted by atomic mass is 127. The summed E-state index contributed by atoms with van der Waals surface area (Å²) in [5.41, 5.74) is 2.00. The molecule has 0 saturated heterocycles. The SMILES string of the molecule is Ic1ccc(NCc2nnnn2-c2ccccc2)cc1. The molecule has 1 N–H and O–H groups in total. The molecule has 0 aliphatic rings. The van der Waals surface area contributed by atoms with E-state index in [9.17, 15) is 0 Å². The Morgan fingerprint density at radius 3 is 2.50 bits per heavy atom. The average molecular weight is 377 g/mol. The molecule has 6 heteroatoms. The zero-order valence-corrected chi connectivity index (χ0v) is 12.7. The van der Waals surface area contributed by atoms with Crippen LogP contribution in [0.4, 0.5) is 5.69 Å². The summed E-state index contributed by atoms with van der Waals surface area (Å²) in [6, 6.07) is 18.1. The number of rotatable bonds is 4. The van der Waals surface area contributed by atoms with Gasteiger partial charge in [-0.3, -0.25) is 0 Å². The van der Waals surface area contributed by atoms with Crippen LogP contribution in [0.3, 0.4) is 0 Å². The van der Waals surface area contributed by atoms with Crippen LogP contribution in [0.5, 0.6) is 0 Å². The van der Waals surface area contributed by atoms with Crippen molar-refractivity contribution in [2.75, 3.05) is 5.32 Å². The molecular formula is C14H12IN5. The minimum Gasteiger partial charge on any atom is -0.378 e. The van der Waals surface area contributed by atoms with Crippen LogP contribution in [0.2, 0.25) is 0 Å². The largest absolute Gasteiger partial charge is 0.378 e. The molecule has 0 spiro atoms. The topological polar surface area (TPSA) is 55.6 Å². The lowest BCUT2D eigenvalue weighted by molar-refractivity contribution is 0.768. The maximum absolute atomic E-state index is 4.06. The summed E-state index contributed by atoms with van der Waals surface area (Å²) in [7, 11) is 0. The average Bonchev–Trinajstić information content (AvgIpc) is 2.96. The van der Waals surface area contributed by atoms with E-state index in [2.05, 4.69) is 55.6 Å². The van der Waals surface area contributed by atoms with Gasteiger partial charge in [0.15, 0.2) is 5.82 Å². The van der Waals surface area contributed by atoms with Crippen LogP contribution in [0.15, 0.2) is 54.6 Å². The normalized spacial score (nSPS) is 10.4. The third-order valence-electron chi connectivity index (χ3n) is 2.83. The molecule has 5 nitrogen and oxygen atoms in total. The second-order valence-electron chi connectivity index (χ2n) is 4.20. The highest BCUT2D eigenvalue weighted by Crippen LogP contribution is 2.13. The van der Waals surface area contributed by atoms with Gasteiger partial charge >= 0.3 is 0 Å². The lowest BCUT2D eigenvalue weighted by atomic mass is 10.3. The van der Waals surface area contributed by atoms with E-state index < -0.39 is 0 Å². The fourth-order valence-electron chi connectivity index (χ4n) is 1.83. The van der Waals surface area contributed by atoms with Gasteiger partial charge in [0.1, 0.15) is 0 Å². The molecule has 0 radical (unpaired) electrons. The van der Waals surface area contributed by atoms with E-state index in [1.54, 1.807) is 4.68 Å². The van der Waals surface area contributed by atoms with Crippen LogP contribution in [0.1, 0.15) is 5.82 Å². The van der Waals surface area contributed by atoms with E-state index in [1.807, 2.05) is 42.5 Å². The second kappa shape index (κ2) is 6.00. The smallest absolute Gasteiger partial charge is 0.175 e. The molecule has 1 heterocycles. The predicted octanol–water partition coefficient (Wildman–Crippen LogP) is 2.88. The van der Waals surface area contributed by atoms with Crippen LogP contribution in [0.25, 0.3) is 5.69 Å². The molecule has 0 amide bonds. The first-order valence-corrected chi connectivity index (χ1v) is 7.23. The summed E-state index contributed by atoms with van der Waals surface area (Å²) in [4.78, 5) is 0. The van der Waals surface area contributed by atoms with E-state index in [0.29, 0.717) is 6.54 Å². The molecule has 0 bridgehead atoms. The molecule has 0 unspecified atom stereocenters. The molecule has 0 fully saturated rings.